The molecule has 1 aromatic rings. The van der Waals surface area contributed by atoms with E-state index in [1.54, 1.807) is 6.92 Å². The lowest BCUT2D eigenvalue weighted by Gasteiger charge is -2.34. The van der Waals surface area contributed by atoms with Gasteiger partial charge in [0, 0.05) is 30.4 Å². The number of piperidine rings is 1. The number of hydrogen-bond acceptors (Lipinski definition) is 6. The van der Waals surface area contributed by atoms with Gasteiger partial charge in [0.15, 0.2) is 0 Å². The fourth-order valence-electron chi connectivity index (χ4n) is 2.81. The van der Waals surface area contributed by atoms with Crippen molar-refractivity contribution in [1.29, 1.82) is 0 Å². The molecule has 0 amide bonds. The van der Waals surface area contributed by atoms with Crippen molar-refractivity contribution in [2.24, 2.45) is 23.1 Å². The van der Waals surface area contributed by atoms with Crippen molar-refractivity contribution in [2.75, 3.05) is 24.5 Å². The van der Waals surface area contributed by atoms with Gasteiger partial charge < -0.3 is 26.8 Å². The summed E-state index contributed by atoms with van der Waals surface area (Å²) in [7, 11) is 0. The minimum atomic E-state index is -0.789. The fourth-order valence-corrected chi connectivity index (χ4v) is 2.81. The van der Waals surface area contributed by atoms with Crippen molar-refractivity contribution in [2.45, 2.75) is 38.5 Å². The SMILES string of the molecule is CC(N)C(N)C(=O)OCc1ccccc1N1CCC(CN)CC1. The lowest BCUT2D eigenvalue weighted by Crippen LogP contribution is -2.46. The molecule has 0 saturated carbocycles. The van der Waals surface area contributed by atoms with Crippen molar-refractivity contribution < 1.29 is 9.53 Å². The quantitative estimate of drug-likeness (QED) is 0.662. The maximum atomic E-state index is 11.9. The second-order valence-corrected chi connectivity index (χ2v) is 6.29. The molecule has 0 aliphatic carbocycles. The summed E-state index contributed by atoms with van der Waals surface area (Å²) in [6, 6.07) is 6.79. The van der Waals surface area contributed by atoms with Crippen molar-refractivity contribution in [3.63, 3.8) is 0 Å². The fraction of sp³-hybridized carbons (Fsp3) is 0.588. The molecule has 2 unspecified atom stereocenters. The van der Waals surface area contributed by atoms with Crippen LogP contribution in [0, 0.1) is 5.92 Å². The Kier molecular flexibility index (Phi) is 6.38. The van der Waals surface area contributed by atoms with Gasteiger partial charge in [-0.1, -0.05) is 18.2 Å². The van der Waals surface area contributed by atoms with Crippen LogP contribution in [-0.4, -0.2) is 37.7 Å². The van der Waals surface area contributed by atoms with Crippen LogP contribution in [0.15, 0.2) is 24.3 Å². The molecule has 0 spiro atoms. The van der Waals surface area contributed by atoms with E-state index in [0.717, 1.165) is 43.7 Å². The van der Waals surface area contributed by atoms with Gasteiger partial charge in [0.1, 0.15) is 12.6 Å². The zero-order chi connectivity index (χ0) is 16.8. The van der Waals surface area contributed by atoms with Crippen LogP contribution in [0.4, 0.5) is 5.69 Å². The normalized spacial score (nSPS) is 18.5. The van der Waals surface area contributed by atoms with Gasteiger partial charge in [-0.15, -0.1) is 0 Å². The molecular formula is C17H28N4O2. The molecule has 0 aromatic heterocycles. The molecule has 6 N–H and O–H groups in total. The standard InChI is InChI=1S/C17H28N4O2/c1-12(19)16(20)17(22)23-11-14-4-2-3-5-15(14)21-8-6-13(10-18)7-9-21/h2-5,12-13,16H,6-11,18-20H2,1H3. The molecule has 23 heavy (non-hydrogen) atoms. The molecule has 2 rings (SSSR count). The molecule has 0 bridgehead atoms. The molecule has 1 saturated heterocycles. The van der Waals surface area contributed by atoms with Crippen LogP contribution < -0.4 is 22.1 Å². The number of carbonyl (C=O) groups is 1. The van der Waals surface area contributed by atoms with Gasteiger partial charge in [-0.25, -0.2) is 0 Å². The predicted octanol–water partition coefficient (Wildman–Crippen LogP) is 0.579. The van der Waals surface area contributed by atoms with E-state index in [4.69, 9.17) is 21.9 Å². The topological polar surface area (TPSA) is 108 Å². The van der Waals surface area contributed by atoms with Crippen LogP contribution in [0.5, 0.6) is 0 Å². The van der Waals surface area contributed by atoms with E-state index in [2.05, 4.69) is 11.0 Å². The zero-order valence-corrected chi connectivity index (χ0v) is 13.8. The third-order valence-corrected chi connectivity index (χ3v) is 4.49. The van der Waals surface area contributed by atoms with E-state index in [1.807, 2.05) is 18.2 Å². The number of rotatable bonds is 6. The summed E-state index contributed by atoms with van der Waals surface area (Å²) in [4.78, 5) is 14.2. The molecule has 6 nitrogen and oxygen atoms in total. The summed E-state index contributed by atoms with van der Waals surface area (Å²) < 4.78 is 5.33. The highest BCUT2D eigenvalue weighted by Gasteiger charge is 2.22. The Morgan fingerprint density at radius 3 is 2.57 bits per heavy atom. The average molecular weight is 320 g/mol. The first kappa shape index (κ1) is 17.7. The molecular weight excluding hydrogens is 292 g/mol. The average Bonchev–Trinajstić information content (AvgIpc) is 2.59. The summed E-state index contributed by atoms with van der Waals surface area (Å²) in [6.45, 7) is 4.62. The Balaban J connectivity index is 1.99. The first-order valence-electron chi connectivity index (χ1n) is 8.23. The second kappa shape index (κ2) is 8.29. The van der Waals surface area contributed by atoms with E-state index < -0.39 is 18.1 Å². The van der Waals surface area contributed by atoms with Gasteiger partial charge in [-0.3, -0.25) is 4.79 Å². The Bertz CT molecular complexity index is 513. The van der Waals surface area contributed by atoms with Gasteiger partial charge >= 0.3 is 5.97 Å². The van der Waals surface area contributed by atoms with Crippen LogP contribution >= 0.6 is 0 Å². The maximum absolute atomic E-state index is 11.9. The zero-order valence-electron chi connectivity index (χ0n) is 13.8. The smallest absolute Gasteiger partial charge is 0.324 e. The number of carbonyl (C=O) groups excluding carboxylic acids is 1. The molecule has 1 aromatic carbocycles. The third-order valence-electron chi connectivity index (χ3n) is 4.49. The molecule has 1 fully saturated rings. The summed E-state index contributed by atoms with van der Waals surface area (Å²) in [5.41, 5.74) is 19.2. The molecule has 6 heteroatoms. The number of nitrogens with two attached hydrogens (primary N) is 3. The summed E-state index contributed by atoms with van der Waals surface area (Å²) in [6.07, 6.45) is 2.19. The van der Waals surface area contributed by atoms with Crippen LogP contribution in [0.3, 0.4) is 0 Å². The largest absolute Gasteiger partial charge is 0.460 e. The van der Waals surface area contributed by atoms with Crippen LogP contribution in [0.2, 0.25) is 0 Å². The minimum Gasteiger partial charge on any atom is -0.460 e. The van der Waals surface area contributed by atoms with Crippen molar-refractivity contribution >= 4 is 11.7 Å². The van der Waals surface area contributed by atoms with E-state index >= 15 is 0 Å². The highest BCUT2D eigenvalue weighted by Crippen LogP contribution is 2.26. The monoisotopic (exact) mass is 320 g/mol. The Morgan fingerprint density at radius 2 is 1.96 bits per heavy atom. The highest BCUT2D eigenvalue weighted by molar-refractivity contribution is 5.76. The van der Waals surface area contributed by atoms with Crippen LogP contribution in [-0.2, 0) is 16.1 Å². The number of ether oxygens (including phenoxy) is 1. The van der Waals surface area contributed by atoms with Crippen LogP contribution in [0.1, 0.15) is 25.3 Å². The van der Waals surface area contributed by atoms with E-state index in [9.17, 15) is 4.79 Å². The molecule has 1 aliphatic heterocycles. The molecule has 1 aliphatic rings. The van der Waals surface area contributed by atoms with Gasteiger partial charge in [-0.2, -0.15) is 0 Å². The highest BCUT2D eigenvalue weighted by atomic mass is 16.5. The van der Waals surface area contributed by atoms with Crippen molar-refractivity contribution in [3.8, 4) is 0 Å². The number of hydrogen-bond donors (Lipinski definition) is 3. The van der Waals surface area contributed by atoms with Crippen LogP contribution in [0.25, 0.3) is 0 Å². The summed E-state index contributed by atoms with van der Waals surface area (Å²) in [5.74, 6) is 0.150. The molecule has 128 valence electrons. The Labute approximate surface area is 137 Å². The van der Waals surface area contributed by atoms with Gasteiger partial charge in [0.05, 0.1) is 0 Å². The van der Waals surface area contributed by atoms with Crippen molar-refractivity contribution in [1.82, 2.24) is 0 Å². The minimum absolute atomic E-state index is 0.215. The molecule has 0 radical (unpaired) electrons. The van der Waals surface area contributed by atoms with Crippen molar-refractivity contribution in [3.05, 3.63) is 29.8 Å². The molecule has 1 heterocycles. The Morgan fingerprint density at radius 1 is 1.30 bits per heavy atom. The number of esters is 1. The van der Waals surface area contributed by atoms with Gasteiger partial charge in [0.2, 0.25) is 0 Å². The Hall–Kier alpha value is -1.63. The summed E-state index contributed by atoms with van der Waals surface area (Å²) in [5, 5.41) is 0. The predicted molar refractivity (Wildman–Crippen MR) is 91.9 cm³/mol. The van der Waals surface area contributed by atoms with Gasteiger partial charge in [-0.05, 0) is 38.3 Å². The molecule has 2 atom stereocenters. The number of anilines is 1. The first-order chi connectivity index (χ1) is 11.0. The van der Waals surface area contributed by atoms with E-state index in [-0.39, 0.29) is 6.61 Å². The first-order valence-corrected chi connectivity index (χ1v) is 8.23. The second-order valence-electron chi connectivity index (χ2n) is 6.29. The van der Waals surface area contributed by atoms with E-state index in [0.29, 0.717) is 5.92 Å². The maximum Gasteiger partial charge on any atom is 0.324 e. The van der Waals surface area contributed by atoms with E-state index in [1.165, 1.54) is 0 Å². The number of benzene rings is 1. The third kappa shape index (κ3) is 4.67. The lowest BCUT2D eigenvalue weighted by molar-refractivity contribution is -0.146. The lowest BCUT2D eigenvalue weighted by atomic mass is 9.96. The summed E-state index contributed by atoms with van der Waals surface area (Å²) >= 11 is 0. The number of para-hydroxylation sites is 1. The van der Waals surface area contributed by atoms with Gasteiger partial charge in [0.25, 0.3) is 0 Å². The number of nitrogens with zero attached hydrogens (tertiary/aromatic N) is 1.